The van der Waals surface area contributed by atoms with Crippen molar-refractivity contribution in [1.29, 1.82) is 0 Å². The summed E-state index contributed by atoms with van der Waals surface area (Å²) in [6.07, 6.45) is 13.6. The second-order valence-corrected chi connectivity index (χ2v) is 4.51. The molecule has 0 nitrogen and oxygen atoms in total. The van der Waals surface area contributed by atoms with Crippen molar-refractivity contribution in [2.75, 3.05) is 0 Å². The second kappa shape index (κ2) is 6.23. The number of hydrogen-bond donors (Lipinski definition) is 0. The number of hydrogen-bond acceptors (Lipinski definition) is 0. The molecule has 0 aromatic rings. The summed E-state index contributed by atoms with van der Waals surface area (Å²) in [5.74, 6) is 1.88. The predicted octanol–water partition coefficient (Wildman–Crippen LogP) is 4.56. The van der Waals surface area contributed by atoms with Crippen LogP contribution >= 0.6 is 0 Å². The molecule has 0 saturated heterocycles. The Morgan fingerprint density at radius 3 is 2.38 bits per heavy atom. The fourth-order valence-corrected chi connectivity index (χ4v) is 2.40. The lowest BCUT2D eigenvalue weighted by Crippen LogP contribution is -2.12. The van der Waals surface area contributed by atoms with E-state index in [0.29, 0.717) is 0 Å². The Labute approximate surface area is 83.4 Å². The Bertz CT molecular complexity index is 129. The Morgan fingerprint density at radius 1 is 1.15 bits per heavy atom. The fraction of sp³-hybridized carbons (Fsp3) is 0.846. The van der Waals surface area contributed by atoms with E-state index in [2.05, 4.69) is 19.6 Å². The molecule has 0 amide bonds. The zero-order chi connectivity index (χ0) is 9.52. The van der Waals surface area contributed by atoms with Crippen LogP contribution in [0.4, 0.5) is 0 Å². The summed E-state index contributed by atoms with van der Waals surface area (Å²) < 4.78 is 0. The van der Waals surface area contributed by atoms with Gasteiger partial charge in [-0.05, 0) is 37.5 Å². The van der Waals surface area contributed by atoms with Crippen molar-refractivity contribution in [2.45, 2.75) is 58.3 Å². The first-order chi connectivity index (χ1) is 6.36. The molecule has 1 aliphatic carbocycles. The first-order valence-corrected chi connectivity index (χ1v) is 5.99. The maximum atomic E-state index is 3.88. The summed E-state index contributed by atoms with van der Waals surface area (Å²) >= 11 is 0. The van der Waals surface area contributed by atoms with E-state index in [1.54, 1.807) is 0 Å². The van der Waals surface area contributed by atoms with Crippen molar-refractivity contribution in [3.8, 4) is 0 Å². The Hall–Kier alpha value is -0.260. The van der Waals surface area contributed by atoms with Crippen LogP contribution in [0.5, 0.6) is 0 Å². The van der Waals surface area contributed by atoms with Crippen LogP contribution in [0, 0.1) is 11.8 Å². The molecule has 0 aromatic heterocycles. The average molecular weight is 180 g/mol. The van der Waals surface area contributed by atoms with E-state index in [1.807, 2.05) is 0 Å². The van der Waals surface area contributed by atoms with Crippen molar-refractivity contribution < 1.29 is 0 Å². The first-order valence-electron chi connectivity index (χ1n) is 5.99. The van der Waals surface area contributed by atoms with Gasteiger partial charge in [0.2, 0.25) is 0 Å². The summed E-state index contributed by atoms with van der Waals surface area (Å²) in [6, 6.07) is 0. The zero-order valence-electron chi connectivity index (χ0n) is 9.10. The van der Waals surface area contributed by atoms with E-state index < -0.39 is 0 Å². The van der Waals surface area contributed by atoms with E-state index in [1.165, 1.54) is 51.4 Å². The van der Waals surface area contributed by atoms with E-state index in [9.17, 15) is 0 Å². The minimum atomic E-state index is 0.836. The van der Waals surface area contributed by atoms with Gasteiger partial charge in [-0.1, -0.05) is 38.7 Å². The minimum Gasteiger partial charge on any atom is -0.103 e. The van der Waals surface area contributed by atoms with Gasteiger partial charge >= 0.3 is 0 Å². The Balaban J connectivity index is 2.07. The third-order valence-electron chi connectivity index (χ3n) is 3.44. The molecular weight excluding hydrogens is 156 g/mol. The van der Waals surface area contributed by atoms with E-state index in [-0.39, 0.29) is 0 Å². The molecule has 0 heterocycles. The standard InChI is InChI=1S/C13H24/c1-3-5-6-7-13-10-8-12(4-2)9-11-13/h4,12-13H,2-3,5-11H2,1H3/t12-,13-. The van der Waals surface area contributed by atoms with Gasteiger partial charge in [0.1, 0.15) is 0 Å². The Kier molecular flexibility index (Phi) is 5.19. The molecule has 0 radical (unpaired) electrons. The maximum absolute atomic E-state index is 3.88. The third kappa shape index (κ3) is 3.97. The Morgan fingerprint density at radius 2 is 1.85 bits per heavy atom. The minimum absolute atomic E-state index is 0.836. The van der Waals surface area contributed by atoms with Crippen LogP contribution in [-0.4, -0.2) is 0 Å². The molecule has 0 spiro atoms. The van der Waals surface area contributed by atoms with Gasteiger partial charge in [0.25, 0.3) is 0 Å². The molecule has 0 unspecified atom stereocenters. The van der Waals surface area contributed by atoms with Gasteiger partial charge in [0, 0.05) is 0 Å². The highest BCUT2D eigenvalue weighted by Crippen LogP contribution is 2.32. The molecule has 1 rings (SSSR count). The van der Waals surface area contributed by atoms with Crippen LogP contribution in [-0.2, 0) is 0 Å². The predicted molar refractivity (Wildman–Crippen MR) is 59.8 cm³/mol. The van der Waals surface area contributed by atoms with Crippen LogP contribution in [0.15, 0.2) is 12.7 Å². The second-order valence-electron chi connectivity index (χ2n) is 4.51. The van der Waals surface area contributed by atoms with Crippen molar-refractivity contribution in [1.82, 2.24) is 0 Å². The van der Waals surface area contributed by atoms with Gasteiger partial charge in [0.15, 0.2) is 0 Å². The molecule has 1 fully saturated rings. The maximum Gasteiger partial charge on any atom is -0.0236 e. The molecule has 13 heavy (non-hydrogen) atoms. The number of rotatable bonds is 5. The van der Waals surface area contributed by atoms with Crippen LogP contribution < -0.4 is 0 Å². The van der Waals surface area contributed by atoms with Crippen LogP contribution in [0.25, 0.3) is 0 Å². The van der Waals surface area contributed by atoms with E-state index >= 15 is 0 Å². The lowest BCUT2D eigenvalue weighted by Gasteiger charge is -2.26. The lowest BCUT2D eigenvalue weighted by atomic mass is 9.80. The summed E-state index contributed by atoms with van der Waals surface area (Å²) in [7, 11) is 0. The van der Waals surface area contributed by atoms with Crippen LogP contribution in [0.2, 0.25) is 0 Å². The smallest absolute Gasteiger partial charge is 0.0236 e. The SMILES string of the molecule is C=C[C@H]1CC[C@H](CCCCC)CC1. The highest BCUT2D eigenvalue weighted by Gasteiger charge is 2.18. The van der Waals surface area contributed by atoms with E-state index in [4.69, 9.17) is 0 Å². The quantitative estimate of drug-likeness (QED) is 0.430. The normalized spacial score (nSPS) is 28.7. The van der Waals surface area contributed by atoms with Crippen molar-refractivity contribution in [3.63, 3.8) is 0 Å². The summed E-state index contributed by atoms with van der Waals surface area (Å²) in [5.41, 5.74) is 0. The van der Waals surface area contributed by atoms with Gasteiger partial charge in [-0.3, -0.25) is 0 Å². The lowest BCUT2D eigenvalue weighted by molar-refractivity contribution is 0.289. The largest absolute Gasteiger partial charge is 0.103 e. The highest BCUT2D eigenvalue weighted by molar-refractivity contribution is 4.83. The molecule has 0 aromatic carbocycles. The van der Waals surface area contributed by atoms with Gasteiger partial charge in [0.05, 0.1) is 0 Å². The summed E-state index contributed by atoms with van der Waals surface area (Å²) in [5, 5.41) is 0. The monoisotopic (exact) mass is 180 g/mol. The van der Waals surface area contributed by atoms with Crippen LogP contribution in [0.1, 0.15) is 58.3 Å². The molecule has 0 atom stereocenters. The average Bonchev–Trinajstić information content (AvgIpc) is 2.19. The van der Waals surface area contributed by atoms with Gasteiger partial charge in [-0.25, -0.2) is 0 Å². The van der Waals surface area contributed by atoms with Gasteiger partial charge in [-0.2, -0.15) is 0 Å². The van der Waals surface area contributed by atoms with Crippen LogP contribution in [0.3, 0.4) is 0 Å². The fourth-order valence-electron chi connectivity index (χ4n) is 2.40. The van der Waals surface area contributed by atoms with Crippen molar-refractivity contribution in [3.05, 3.63) is 12.7 Å². The summed E-state index contributed by atoms with van der Waals surface area (Å²) in [4.78, 5) is 0. The topological polar surface area (TPSA) is 0 Å². The molecule has 76 valence electrons. The van der Waals surface area contributed by atoms with Gasteiger partial charge in [-0.15, -0.1) is 6.58 Å². The molecule has 0 aliphatic heterocycles. The van der Waals surface area contributed by atoms with Crippen molar-refractivity contribution in [2.24, 2.45) is 11.8 Å². The van der Waals surface area contributed by atoms with Gasteiger partial charge < -0.3 is 0 Å². The molecule has 0 bridgehead atoms. The molecule has 1 aliphatic rings. The number of unbranched alkanes of at least 4 members (excludes halogenated alkanes) is 2. The molecule has 1 saturated carbocycles. The first kappa shape index (κ1) is 10.8. The molecule has 0 N–H and O–H groups in total. The highest BCUT2D eigenvalue weighted by atomic mass is 14.2. The van der Waals surface area contributed by atoms with Crippen molar-refractivity contribution >= 4 is 0 Å². The molecular formula is C13H24. The molecule has 0 heteroatoms. The third-order valence-corrected chi connectivity index (χ3v) is 3.44. The number of allylic oxidation sites excluding steroid dienone is 1. The zero-order valence-corrected chi connectivity index (χ0v) is 9.10. The summed E-state index contributed by atoms with van der Waals surface area (Å²) in [6.45, 7) is 6.17. The van der Waals surface area contributed by atoms with E-state index in [0.717, 1.165) is 11.8 Å².